The molecule has 45 heavy (non-hydrogen) atoms. The van der Waals surface area contributed by atoms with Gasteiger partial charge in [0.15, 0.2) is 8.32 Å². The summed E-state index contributed by atoms with van der Waals surface area (Å²) in [5.41, 5.74) is 8.73. The lowest BCUT2D eigenvalue weighted by atomic mass is 9.69. The number of aliphatic carboxylic acids is 1. The molecule has 0 fully saturated rings. The lowest BCUT2D eigenvalue weighted by Gasteiger charge is -2.43. The van der Waals surface area contributed by atoms with Gasteiger partial charge in [-0.2, -0.15) is 0 Å². The van der Waals surface area contributed by atoms with Crippen molar-refractivity contribution in [1.82, 2.24) is 0 Å². The fourth-order valence-electron chi connectivity index (χ4n) is 6.20. The van der Waals surface area contributed by atoms with E-state index in [9.17, 15) is 9.59 Å². The van der Waals surface area contributed by atoms with Crippen molar-refractivity contribution in [2.75, 3.05) is 0 Å². The maximum Gasteiger partial charge on any atom is 0.377 e. The summed E-state index contributed by atoms with van der Waals surface area (Å²) in [5.74, 6) is -2.33. The molecule has 1 unspecified atom stereocenters. The van der Waals surface area contributed by atoms with Crippen LogP contribution in [0.5, 0.6) is 0 Å². The van der Waals surface area contributed by atoms with Gasteiger partial charge in [0.1, 0.15) is 0 Å². The second-order valence-electron chi connectivity index (χ2n) is 15.4. The number of ketones is 1. The highest BCUT2D eigenvalue weighted by Gasteiger charge is 2.41. The van der Waals surface area contributed by atoms with E-state index in [1.54, 1.807) is 12.1 Å². The molecule has 3 aromatic carbocycles. The second kappa shape index (κ2) is 13.8. The predicted octanol–water partition coefficient (Wildman–Crippen LogP) is 10.7. The first kappa shape index (κ1) is 36.4. The number of Topliss-reactive ketones (excluding diaryl/α,β-unsaturated/α-hetero) is 1. The van der Waals surface area contributed by atoms with Gasteiger partial charge in [-0.05, 0) is 102 Å². The molecule has 0 spiro atoms. The number of rotatable bonds is 12. The Labute approximate surface area is 273 Å². The normalized spacial score (nSPS) is 13.5. The van der Waals surface area contributed by atoms with Crippen LogP contribution in [-0.2, 0) is 21.1 Å². The van der Waals surface area contributed by atoms with Gasteiger partial charge in [-0.15, -0.1) is 0 Å². The highest BCUT2D eigenvalue weighted by molar-refractivity contribution is 6.74. The minimum absolute atomic E-state index is 0.0743. The third-order valence-corrected chi connectivity index (χ3v) is 14.9. The molecule has 0 aromatic heterocycles. The number of carbonyl (C=O) groups is 2. The third kappa shape index (κ3) is 8.04. The van der Waals surface area contributed by atoms with Crippen LogP contribution in [0.25, 0.3) is 11.1 Å². The highest BCUT2D eigenvalue weighted by atomic mass is 28.4. The predicted molar refractivity (Wildman–Crippen MR) is 191 cm³/mol. The second-order valence-corrected chi connectivity index (χ2v) is 20.2. The van der Waals surface area contributed by atoms with E-state index in [1.165, 1.54) is 22.3 Å². The van der Waals surface area contributed by atoms with Crippen LogP contribution >= 0.6 is 0 Å². The van der Waals surface area contributed by atoms with Gasteiger partial charge in [0.05, 0.1) is 6.10 Å². The zero-order valence-corrected chi connectivity index (χ0v) is 30.9. The average Bonchev–Trinajstić information content (AvgIpc) is 2.95. The molecule has 0 amide bonds. The quantitative estimate of drug-likeness (QED) is 0.123. The fraction of sp³-hybridized carbons (Fsp3) is 0.500. The summed E-state index contributed by atoms with van der Waals surface area (Å²) in [7, 11) is -1.89. The lowest BCUT2D eigenvalue weighted by Crippen LogP contribution is -2.47. The molecule has 0 heterocycles. The van der Waals surface area contributed by atoms with E-state index in [4.69, 9.17) is 9.53 Å². The molecule has 244 valence electrons. The van der Waals surface area contributed by atoms with E-state index in [2.05, 4.69) is 119 Å². The summed E-state index contributed by atoms with van der Waals surface area (Å²) in [6.45, 7) is 27.5. The number of hydrogen-bond acceptors (Lipinski definition) is 3. The van der Waals surface area contributed by atoms with Gasteiger partial charge in [-0.25, -0.2) is 4.79 Å². The molecule has 0 radical (unpaired) electrons. The van der Waals surface area contributed by atoms with Gasteiger partial charge in [0, 0.05) is 11.0 Å². The van der Waals surface area contributed by atoms with E-state index >= 15 is 0 Å². The van der Waals surface area contributed by atoms with Crippen LogP contribution < -0.4 is 0 Å². The maximum atomic E-state index is 11.8. The van der Waals surface area contributed by atoms with Crippen molar-refractivity contribution >= 4 is 20.1 Å². The van der Waals surface area contributed by atoms with Crippen molar-refractivity contribution in [1.29, 1.82) is 0 Å². The molecular weight excluding hydrogens is 573 g/mol. The Morgan fingerprint density at radius 1 is 0.800 bits per heavy atom. The van der Waals surface area contributed by atoms with Crippen LogP contribution in [0.2, 0.25) is 18.1 Å². The number of carbonyl (C=O) groups excluding carboxylic acids is 1. The molecular formula is C40H56O4Si. The van der Waals surface area contributed by atoms with Gasteiger partial charge in [0.2, 0.25) is 0 Å². The molecule has 5 heteroatoms. The van der Waals surface area contributed by atoms with Crippen LogP contribution in [0.3, 0.4) is 0 Å². The Balaban J connectivity index is 1.89. The zero-order valence-electron chi connectivity index (χ0n) is 29.9. The minimum atomic E-state index is -1.89. The first-order valence-corrected chi connectivity index (χ1v) is 19.4. The molecule has 0 aliphatic rings. The largest absolute Gasteiger partial charge is 0.475 e. The smallest absolute Gasteiger partial charge is 0.377 e. The van der Waals surface area contributed by atoms with E-state index in [-0.39, 0.29) is 27.5 Å². The zero-order chi connectivity index (χ0) is 34.0. The Kier molecular flexibility index (Phi) is 11.1. The molecule has 0 saturated carbocycles. The SMILES string of the molecule is CCC(CC)(c1ccc(CCC(O[Si](C)(C)C(C)(C)C)C(C)(C)C)c(C)c1)c1ccc(-c2ccc(C(=O)C(=O)O)cc2)c(C)c1. The van der Waals surface area contributed by atoms with Gasteiger partial charge in [-0.1, -0.05) is 116 Å². The molecule has 1 N–H and O–H groups in total. The first-order chi connectivity index (χ1) is 20.8. The standard InChI is InChI=1S/C40H56O4Si/c1-13-40(14-2,33-22-23-34(28(4)26-33)30-15-17-31(18-16-30)36(41)37(42)43)32-21-19-29(27(3)25-32)20-24-35(38(5,6)7)44-45(11,12)39(8,9)10/h15-19,21-23,25-26,35H,13-14,20,24H2,1-12H3,(H,42,43). The Morgan fingerprint density at radius 3 is 1.78 bits per heavy atom. The van der Waals surface area contributed by atoms with Gasteiger partial charge in [0.25, 0.3) is 5.78 Å². The van der Waals surface area contributed by atoms with Gasteiger partial charge < -0.3 is 9.53 Å². The van der Waals surface area contributed by atoms with E-state index in [0.29, 0.717) is 0 Å². The number of benzene rings is 3. The van der Waals surface area contributed by atoms with Gasteiger partial charge in [-0.3, -0.25) is 4.79 Å². The van der Waals surface area contributed by atoms with Crippen LogP contribution in [0.1, 0.15) is 113 Å². The van der Waals surface area contributed by atoms with Gasteiger partial charge >= 0.3 is 5.97 Å². The molecule has 3 aromatic rings. The Morgan fingerprint density at radius 2 is 1.33 bits per heavy atom. The monoisotopic (exact) mass is 628 g/mol. The summed E-state index contributed by atoms with van der Waals surface area (Å²) >= 11 is 0. The van der Waals surface area contributed by atoms with Crippen molar-refractivity contribution < 1.29 is 19.1 Å². The number of hydrogen-bond donors (Lipinski definition) is 1. The number of aryl methyl sites for hydroxylation is 3. The fourth-order valence-corrected chi connectivity index (χ4v) is 7.74. The van der Waals surface area contributed by atoms with E-state index in [1.807, 2.05) is 12.1 Å². The summed E-state index contributed by atoms with van der Waals surface area (Å²) < 4.78 is 6.98. The Hall–Kier alpha value is -3.02. The van der Waals surface area contributed by atoms with E-state index < -0.39 is 20.1 Å². The van der Waals surface area contributed by atoms with Crippen molar-refractivity contribution in [2.45, 2.75) is 125 Å². The summed E-state index contributed by atoms with van der Waals surface area (Å²) in [4.78, 5) is 22.9. The Bertz CT molecular complexity index is 1500. The first-order valence-electron chi connectivity index (χ1n) is 16.5. The molecule has 4 nitrogen and oxygen atoms in total. The summed E-state index contributed by atoms with van der Waals surface area (Å²) in [6, 6.07) is 20.6. The number of carboxylic acid groups (broad SMARTS) is 1. The van der Waals surface area contributed by atoms with Crippen LogP contribution in [0.4, 0.5) is 0 Å². The molecule has 3 rings (SSSR count). The molecule has 0 bridgehead atoms. The van der Waals surface area contributed by atoms with E-state index in [0.717, 1.165) is 42.4 Å². The maximum absolute atomic E-state index is 11.8. The van der Waals surface area contributed by atoms with Crippen molar-refractivity contribution in [3.63, 3.8) is 0 Å². The van der Waals surface area contributed by atoms with Crippen molar-refractivity contribution in [2.24, 2.45) is 5.41 Å². The summed E-state index contributed by atoms with van der Waals surface area (Å²) in [5, 5.41) is 9.21. The minimum Gasteiger partial charge on any atom is -0.475 e. The van der Waals surface area contributed by atoms with Crippen LogP contribution in [0.15, 0.2) is 60.7 Å². The molecule has 0 saturated heterocycles. The topological polar surface area (TPSA) is 63.6 Å². The molecule has 1 atom stereocenters. The number of carboxylic acids is 1. The summed E-state index contributed by atoms with van der Waals surface area (Å²) in [6.07, 6.45) is 4.19. The van der Waals surface area contributed by atoms with Crippen LogP contribution in [-0.4, -0.2) is 31.3 Å². The average molecular weight is 629 g/mol. The lowest BCUT2D eigenvalue weighted by molar-refractivity contribution is -0.131. The highest BCUT2D eigenvalue weighted by Crippen LogP contribution is 2.43. The van der Waals surface area contributed by atoms with Crippen molar-refractivity contribution in [3.8, 4) is 11.1 Å². The van der Waals surface area contributed by atoms with Crippen LogP contribution in [0, 0.1) is 19.3 Å². The van der Waals surface area contributed by atoms with Crippen molar-refractivity contribution in [3.05, 3.63) is 94.0 Å². The third-order valence-electron chi connectivity index (χ3n) is 10.4. The molecule has 0 aliphatic heterocycles. The molecule has 0 aliphatic carbocycles.